The van der Waals surface area contributed by atoms with Crippen molar-refractivity contribution in [1.29, 1.82) is 0 Å². The van der Waals surface area contributed by atoms with Crippen LogP contribution in [0.4, 0.5) is 5.69 Å². The van der Waals surface area contributed by atoms with Crippen molar-refractivity contribution in [2.45, 2.75) is 38.6 Å². The predicted octanol–water partition coefficient (Wildman–Crippen LogP) is 3.81. The standard InChI is InChI=1S/C15H23BrN2/c1-3-15(4-2)12-18(10-6-9-17-15)14-8-5-7-13(16)11-14/h5,7-8,11,17H,3-4,6,9-10,12H2,1-2H3. The maximum Gasteiger partial charge on any atom is 0.0378 e. The fourth-order valence-corrected chi connectivity index (χ4v) is 3.13. The number of nitrogens with one attached hydrogen (secondary N) is 1. The molecule has 1 fully saturated rings. The second kappa shape index (κ2) is 6.07. The van der Waals surface area contributed by atoms with Crippen molar-refractivity contribution in [2.24, 2.45) is 0 Å². The molecule has 0 amide bonds. The number of nitrogens with zero attached hydrogens (tertiary/aromatic N) is 1. The number of hydrogen-bond acceptors (Lipinski definition) is 2. The van der Waals surface area contributed by atoms with Gasteiger partial charge in [0.15, 0.2) is 0 Å². The fourth-order valence-electron chi connectivity index (χ4n) is 2.74. The molecule has 3 heteroatoms. The molecule has 0 atom stereocenters. The van der Waals surface area contributed by atoms with E-state index in [2.05, 4.69) is 64.3 Å². The Labute approximate surface area is 119 Å². The van der Waals surface area contributed by atoms with Gasteiger partial charge >= 0.3 is 0 Å². The van der Waals surface area contributed by atoms with Gasteiger partial charge in [-0.15, -0.1) is 0 Å². The number of hydrogen-bond donors (Lipinski definition) is 1. The lowest BCUT2D eigenvalue weighted by molar-refractivity contribution is 0.321. The van der Waals surface area contributed by atoms with E-state index in [-0.39, 0.29) is 5.54 Å². The molecule has 0 saturated carbocycles. The van der Waals surface area contributed by atoms with Gasteiger partial charge in [-0.1, -0.05) is 35.8 Å². The van der Waals surface area contributed by atoms with E-state index < -0.39 is 0 Å². The van der Waals surface area contributed by atoms with Gasteiger partial charge in [-0.3, -0.25) is 0 Å². The SMILES string of the molecule is CCC1(CC)CN(c2cccc(Br)c2)CCCN1. The molecule has 0 unspecified atom stereocenters. The molecule has 100 valence electrons. The van der Waals surface area contributed by atoms with Gasteiger partial charge in [0.05, 0.1) is 0 Å². The Morgan fingerprint density at radius 2 is 2.11 bits per heavy atom. The van der Waals surface area contributed by atoms with Crippen LogP contribution in [0.2, 0.25) is 0 Å². The summed E-state index contributed by atoms with van der Waals surface area (Å²) in [5, 5.41) is 3.76. The van der Waals surface area contributed by atoms with Gasteiger partial charge in [0.1, 0.15) is 0 Å². The zero-order chi connectivity index (χ0) is 13.0. The van der Waals surface area contributed by atoms with Crippen molar-refractivity contribution in [3.63, 3.8) is 0 Å². The molecule has 0 aliphatic carbocycles. The van der Waals surface area contributed by atoms with Gasteiger partial charge in [0.25, 0.3) is 0 Å². The minimum atomic E-state index is 0.277. The highest BCUT2D eigenvalue weighted by atomic mass is 79.9. The summed E-state index contributed by atoms with van der Waals surface area (Å²) in [7, 11) is 0. The first kappa shape index (κ1) is 13.9. The summed E-state index contributed by atoms with van der Waals surface area (Å²) in [6.07, 6.45) is 3.59. The molecule has 1 aromatic rings. The zero-order valence-corrected chi connectivity index (χ0v) is 13.0. The minimum absolute atomic E-state index is 0.277. The Morgan fingerprint density at radius 1 is 1.33 bits per heavy atom. The largest absolute Gasteiger partial charge is 0.370 e. The van der Waals surface area contributed by atoms with Crippen molar-refractivity contribution in [1.82, 2.24) is 5.32 Å². The van der Waals surface area contributed by atoms with Gasteiger partial charge in [-0.2, -0.15) is 0 Å². The molecule has 1 heterocycles. The maximum absolute atomic E-state index is 3.76. The van der Waals surface area contributed by atoms with Crippen LogP contribution in [0.3, 0.4) is 0 Å². The number of benzene rings is 1. The van der Waals surface area contributed by atoms with E-state index in [1.54, 1.807) is 0 Å². The van der Waals surface area contributed by atoms with Crippen LogP contribution < -0.4 is 10.2 Å². The van der Waals surface area contributed by atoms with Crippen LogP contribution in [-0.4, -0.2) is 25.2 Å². The van der Waals surface area contributed by atoms with Crippen LogP contribution in [0.1, 0.15) is 33.1 Å². The number of rotatable bonds is 3. The molecule has 0 radical (unpaired) electrons. The fraction of sp³-hybridized carbons (Fsp3) is 0.600. The summed E-state index contributed by atoms with van der Waals surface area (Å²) in [6.45, 7) is 7.97. The van der Waals surface area contributed by atoms with Gasteiger partial charge in [-0.25, -0.2) is 0 Å². The molecule has 1 aliphatic rings. The molecule has 1 aromatic carbocycles. The molecule has 1 aliphatic heterocycles. The molecule has 1 N–H and O–H groups in total. The van der Waals surface area contributed by atoms with Crippen LogP contribution >= 0.6 is 15.9 Å². The van der Waals surface area contributed by atoms with Crippen LogP contribution in [0.5, 0.6) is 0 Å². The van der Waals surface area contributed by atoms with Crippen molar-refractivity contribution < 1.29 is 0 Å². The summed E-state index contributed by atoms with van der Waals surface area (Å²) in [5.41, 5.74) is 1.61. The Kier molecular flexibility index (Phi) is 4.68. The first-order valence-electron chi connectivity index (χ1n) is 6.94. The van der Waals surface area contributed by atoms with Crippen LogP contribution in [0.25, 0.3) is 0 Å². The topological polar surface area (TPSA) is 15.3 Å². The van der Waals surface area contributed by atoms with Gasteiger partial charge < -0.3 is 10.2 Å². The molecule has 0 aromatic heterocycles. The molecule has 2 nitrogen and oxygen atoms in total. The number of halogens is 1. The quantitative estimate of drug-likeness (QED) is 0.913. The monoisotopic (exact) mass is 310 g/mol. The summed E-state index contributed by atoms with van der Waals surface area (Å²) >= 11 is 3.57. The summed E-state index contributed by atoms with van der Waals surface area (Å²) in [4.78, 5) is 2.53. The van der Waals surface area contributed by atoms with Crippen LogP contribution in [-0.2, 0) is 0 Å². The average Bonchev–Trinajstić information content (AvgIpc) is 2.62. The van der Waals surface area contributed by atoms with E-state index in [4.69, 9.17) is 0 Å². The van der Waals surface area contributed by atoms with Crippen molar-refractivity contribution in [2.75, 3.05) is 24.5 Å². The molecule has 2 rings (SSSR count). The highest BCUT2D eigenvalue weighted by molar-refractivity contribution is 9.10. The van der Waals surface area contributed by atoms with Gasteiger partial charge in [0.2, 0.25) is 0 Å². The second-order valence-electron chi connectivity index (χ2n) is 5.17. The average molecular weight is 311 g/mol. The summed E-state index contributed by atoms with van der Waals surface area (Å²) in [6, 6.07) is 8.65. The molecule has 1 saturated heterocycles. The Morgan fingerprint density at radius 3 is 2.78 bits per heavy atom. The first-order chi connectivity index (χ1) is 8.69. The zero-order valence-electron chi connectivity index (χ0n) is 11.4. The lowest BCUT2D eigenvalue weighted by Gasteiger charge is -2.36. The Hall–Kier alpha value is -0.540. The second-order valence-corrected chi connectivity index (χ2v) is 6.08. The lowest BCUT2D eigenvalue weighted by Crippen LogP contribution is -2.50. The van der Waals surface area contributed by atoms with Gasteiger partial charge in [-0.05, 0) is 44.0 Å². The molecule has 18 heavy (non-hydrogen) atoms. The lowest BCUT2D eigenvalue weighted by atomic mass is 9.92. The van der Waals surface area contributed by atoms with E-state index in [0.717, 1.165) is 24.1 Å². The molecular formula is C15H23BrN2. The maximum atomic E-state index is 3.76. The first-order valence-corrected chi connectivity index (χ1v) is 7.74. The predicted molar refractivity (Wildman–Crippen MR) is 82.3 cm³/mol. The third-order valence-corrected chi connectivity index (χ3v) is 4.62. The smallest absolute Gasteiger partial charge is 0.0378 e. The van der Waals surface area contributed by atoms with E-state index in [0.29, 0.717) is 0 Å². The van der Waals surface area contributed by atoms with Crippen molar-refractivity contribution >= 4 is 21.6 Å². The van der Waals surface area contributed by atoms with Gasteiger partial charge in [0, 0.05) is 28.8 Å². The van der Waals surface area contributed by atoms with E-state index in [1.165, 1.54) is 24.9 Å². The highest BCUT2D eigenvalue weighted by Gasteiger charge is 2.30. The minimum Gasteiger partial charge on any atom is -0.370 e. The van der Waals surface area contributed by atoms with Crippen molar-refractivity contribution in [3.05, 3.63) is 28.7 Å². The Bertz CT molecular complexity index is 388. The van der Waals surface area contributed by atoms with Crippen molar-refractivity contribution in [3.8, 4) is 0 Å². The van der Waals surface area contributed by atoms with E-state index >= 15 is 0 Å². The Balaban J connectivity index is 2.21. The van der Waals surface area contributed by atoms with E-state index in [1.807, 2.05) is 0 Å². The summed E-state index contributed by atoms with van der Waals surface area (Å²) < 4.78 is 1.16. The molecular weight excluding hydrogens is 288 g/mol. The van der Waals surface area contributed by atoms with Crippen LogP contribution in [0, 0.1) is 0 Å². The molecule has 0 bridgehead atoms. The highest BCUT2D eigenvalue weighted by Crippen LogP contribution is 2.26. The number of anilines is 1. The van der Waals surface area contributed by atoms with E-state index in [9.17, 15) is 0 Å². The molecule has 0 spiro atoms. The normalized spacial score (nSPS) is 19.6. The third-order valence-electron chi connectivity index (χ3n) is 4.13. The summed E-state index contributed by atoms with van der Waals surface area (Å²) in [5.74, 6) is 0. The van der Waals surface area contributed by atoms with Crippen LogP contribution in [0.15, 0.2) is 28.7 Å². The third kappa shape index (κ3) is 3.07.